The van der Waals surface area contributed by atoms with Crippen molar-refractivity contribution in [3.8, 4) is 0 Å². The number of hydrogen-bond acceptors (Lipinski definition) is 4. The van der Waals surface area contributed by atoms with Gasteiger partial charge in [0.1, 0.15) is 5.52 Å². The Kier molecular flexibility index (Phi) is 5.11. The number of anilines is 1. The molecule has 2 atom stereocenters. The lowest BCUT2D eigenvalue weighted by molar-refractivity contribution is -0.121. The summed E-state index contributed by atoms with van der Waals surface area (Å²) in [5.74, 6) is 0.397. The van der Waals surface area contributed by atoms with Gasteiger partial charge in [-0.15, -0.1) is 0 Å². The highest BCUT2D eigenvalue weighted by molar-refractivity contribution is 5.90. The van der Waals surface area contributed by atoms with E-state index in [4.69, 9.17) is 0 Å². The summed E-state index contributed by atoms with van der Waals surface area (Å²) in [7, 11) is 0. The summed E-state index contributed by atoms with van der Waals surface area (Å²) < 4.78 is 26.5. The molecular weight excluding hydrogens is 326 g/mol. The normalized spacial score (nSPS) is 20.9. The lowest BCUT2D eigenvalue weighted by Gasteiger charge is -2.38. The molecule has 2 heterocycles. The number of fused-ring (bicyclic) bond motifs is 1. The van der Waals surface area contributed by atoms with Gasteiger partial charge in [0.15, 0.2) is 0 Å². The molecule has 5 nitrogen and oxygen atoms in total. The van der Waals surface area contributed by atoms with Gasteiger partial charge in [0.05, 0.1) is 11.2 Å². The number of rotatable bonds is 4. The first-order chi connectivity index (χ1) is 12.0. The van der Waals surface area contributed by atoms with Crippen LogP contribution >= 0.6 is 0 Å². The van der Waals surface area contributed by atoms with Crippen LogP contribution in [0.25, 0.3) is 11.0 Å². The molecule has 1 aliphatic rings. The fourth-order valence-corrected chi connectivity index (χ4v) is 3.48. The van der Waals surface area contributed by atoms with E-state index < -0.39 is 6.43 Å². The number of halogens is 2. The number of alkyl halides is 2. The molecule has 1 aliphatic heterocycles. The molecule has 3 rings (SSSR count). The number of hydrogen-bond donors (Lipinski definition) is 1. The van der Waals surface area contributed by atoms with E-state index in [9.17, 15) is 13.6 Å². The molecule has 0 unspecified atom stereocenters. The summed E-state index contributed by atoms with van der Waals surface area (Å²) in [6.45, 7) is 5.37. The minimum absolute atomic E-state index is 0.0248. The molecular formula is C18H22F2N4O. The summed E-state index contributed by atoms with van der Waals surface area (Å²) in [5.41, 5.74) is 1.40. The molecule has 1 fully saturated rings. The van der Waals surface area contributed by atoms with E-state index in [1.54, 1.807) is 6.07 Å². The Balaban J connectivity index is 1.95. The van der Waals surface area contributed by atoms with Gasteiger partial charge in [-0.2, -0.15) is 0 Å². The molecule has 0 spiro atoms. The smallest absolute Gasteiger partial charge is 0.266 e. The average molecular weight is 348 g/mol. The van der Waals surface area contributed by atoms with Gasteiger partial charge >= 0.3 is 0 Å². The van der Waals surface area contributed by atoms with E-state index in [2.05, 4.69) is 27.1 Å². The zero-order chi connectivity index (χ0) is 18.0. The van der Waals surface area contributed by atoms with Crippen molar-refractivity contribution < 1.29 is 13.6 Å². The molecule has 1 saturated heterocycles. The van der Waals surface area contributed by atoms with E-state index in [-0.39, 0.29) is 23.0 Å². The van der Waals surface area contributed by atoms with Gasteiger partial charge in [0, 0.05) is 43.5 Å². The first-order valence-corrected chi connectivity index (χ1v) is 8.55. The SMILES string of the molecule is CCC(=O)N[C@@H]1C[C@H](C)CN(c2ccc(C(F)F)c3nccnc23)C1. The summed E-state index contributed by atoms with van der Waals surface area (Å²) in [4.78, 5) is 22.3. The van der Waals surface area contributed by atoms with Crippen molar-refractivity contribution in [2.45, 2.75) is 39.2 Å². The first kappa shape index (κ1) is 17.5. The third kappa shape index (κ3) is 3.70. The Hall–Kier alpha value is -2.31. The molecule has 0 bridgehead atoms. The minimum atomic E-state index is -2.59. The summed E-state index contributed by atoms with van der Waals surface area (Å²) in [6.07, 6.45) is 1.71. The second-order valence-corrected chi connectivity index (χ2v) is 6.59. The average Bonchev–Trinajstić information content (AvgIpc) is 2.59. The third-order valence-electron chi connectivity index (χ3n) is 4.56. The molecule has 0 radical (unpaired) electrons. The number of carbonyl (C=O) groups excluding carboxylic acids is 1. The number of aromatic nitrogens is 2. The molecule has 1 aromatic carbocycles. The predicted molar refractivity (Wildman–Crippen MR) is 92.7 cm³/mol. The van der Waals surface area contributed by atoms with Crippen LogP contribution in [0.1, 0.15) is 38.7 Å². The van der Waals surface area contributed by atoms with Crippen molar-refractivity contribution in [1.82, 2.24) is 15.3 Å². The molecule has 1 aromatic heterocycles. The second kappa shape index (κ2) is 7.29. The Morgan fingerprint density at radius 1 is 1.28 bits per heavy atom. The van der Waals surface area contributed by atoms with Crippen LogP contribution in [0.2, 0.25) is 0 Å². The van der Waals surface area contributed by atoms with Crippen molar-refractivity contribution in [1.29, 1.82) is 0 Å². The summed E-state index contributed by atoms with van der Waals surface area (Å²) >= 11 is 0. The summed E-state index contributed by atoms with van der Waals surface area (Å²) in [5, 5.41) is 3.04. The van der Waals surface area contributed by atoms with Crippen molar-refractivity contribution >= 4 is 22.6 Å². The maximum absolute atomic E-state index is 13.2. The van der Waals surface area contributed by atoms with Crippen molar-refractivity contribution in [3.05, 3.63) is 30.1 Å². The molecule has 1 amide bonds. The molecule has 134 valence electrons. The van der Waals surface area contributed by atoms with E-state index in [0.717, 1.165) is 18.7 Å². The highest BCUT2D eigenvalue weighted by Gasteiger charge is 2.28. The first-order valence-electron chi connectivity index (χ1n) is 8.55. The lowest BCUT2D eigenvalue weighted by atomic mass is 9.95. The van der Waals surface area contributed by atoms with Crippen LogP contribution in [-0.4, -0.2) is 35.0 Å². The van der Waals surface area contributed by atoms with Gasteiger partial charge in [-0.25, -0.2) is 8.78 Å². The molecule has 2 aromatic rings. The standard InChI is InChI=1S/C18H22F2N4O/c1-3-15(25)23-12-8-11(2)9-24(10-12)14-5-4-13(18(19)20)16-17(14)22-7-6-21-16/h4-7,11-12,18H,3,8-10H2,1-2H3,(H,23,25)/t11-,12+/m0/s1. The predicted octanol–water partition coefficient (Wildman–Crippen LogP) is 3.31. The maximum Gasteiger partial charge on any atom is 0.266 e. The highest BCUT2D eigenvalue weighted by Crippen LogP contribution is 2.33. The summed E-state index contributed by atoms with van der Waals surface area (Å²) in [6, 6.07) is 3.16. The van der Waals surface area contributed by atoms with Crippen LogP contribution in [0.15, 0.2) is 24.5 Å². The van der Waals surface area contributed by atoms with Crippen molar-refractivity contribution in [2.75, 3.05) is 18.0 Å². The number of amides is 1. The number of nitrogens with zero attached hydrogens (tertiary/aromatic N) is 3. The van der Waals surface area contributed by atoms with Crippen LogP contribution in [0.5, 0.6) is 0 Å². The lowest BCUT2D eigenvalue weighted by Crippen LogP contribution is -2.50. The fourth-order valence-electron chi connectivity index (χ4n) is 3.48. The van der Waals surface area contributed by atoms with Gasteiger partial charge in [-0.1, -0.05) is 13.8 Å². The van der Waals surface area contributed by atoms with Crippen LogP contribution in [0, 0.1) is 5.92 Å². The largest absolute Gasteiger partial charge is 0.367 e. The third-order valence-corrected chi connectivity index (χ3v) is 4.56. The Bertz CT molecular complexity index is 768. The minimum Gasteiger partial charge on any atom is -0.367 e. The topological polar surface area (TPSA) is 58.1 Å². The van der Waals surface area contributed by atoms with Crippen LogP contribution < -0.4 is 10.2 Å². The quantitative estimate of drug-likeness (QED) is 0.921. The van der Waals surface area contributed by atoms with Crippen LogP contribution in [-0.2, 0) is 4.79 Å². The number of carbonyl (C=O) groups is 1. The van der Waals surface area contributed by atoms with E-state index in [1.165, 1.54) is 18.5 Å². The second-order valence-electron chi connectivity index (χ2n) is 6.59. The molecule has 25 heavy (non-hydrogen) atoms. The van der Waals surface area contributed by atoms with E-state index in [1.807, 2.05) is 6.92 Å². The molecule has 0 aliphatic carbocycles. The number of benzene rings is 1. The van der Waals surface area contributed by atoms with E-state index in [0.29, 0.717) is 24.4 Å². The van der Waals surface area contributed by atoms with Crippen LogP contribution in [0.3, 0.4) is 0 Å². The van der Waals surface area contributed by atoms with Crippen LogP contribution in [0.4, 0.5) is 14.5 Å². The fraction of sp³-hybridized carbons (Fsp3) is 0.500. The Morgan fingerprint density at radius 3 is 2.68 bits per heavy atom. The van der Waals surface area contributed by atoms with Gasteiger partial charge in [0.2, 0.25) is 5.91 Å². The van der Waals surface area contributed by atoms with E-state index >= 15 is 0 Å². The maximum atomic E-state index is 13.2. The van der Waals surface area contributed by atoms with Gasteiger partial charge in [-0.3, -0.25) is 14.8 Å². The number of nitrogens with one attached hydrogen (secondary N) is 1. The molecule has 0 saturated carbocycles. The Morgan fingerprint density at radius 2 is 2.00 bits per heavy atom. The van der Waals surface area contributed by atoms with Gasteiger partial charge in [0.25, 0.3) is 6.43 Å². The molecule has 1 N–H and O–H groups in total. The van der Waals surface area contributed by atoms with Gasteiger partial charge in [-0.05, 0) is 24.5 Å². The zero-order valence-electron chi connectivity index (χ0n) is 14.4. The van der Waals surface area contributed by atoms with Gasteiger partial charge < -0.3 is 10.2 Å². The number of piperidine rings is 1. The Labute approximate surface area is 145 Å². The highest BCUT2D eigenvalue weighted by atomic mass is 19.3. The van der Waals surface area contributed by atoms with Crippen molar-refractivity contribution in [3.63, 3.8) is 0 Å². The monoisotopic (exact) mass is 348 g/mol. The zero-order valence-corrected chi connectivity index (χ0v) is 14.4. The van der Waals surface area contributed by atoms with Crippen molar-refractivity contribution in [2.24, 2.45) is 5.92 Å². The molecule has 7 heteroatoms.